The van der Waals surface area contributed by atoms with Gasteiger partial charge in [0, 0.05) is 18.8 Å². The van der Waals surface area contributed by atoms with Gasteiger partial charge in [-0.25, -0.2) is 4.39 Å². The van der Waals surface area contributed by atoms with Gasteiger partial charge in [0.2, 0.25) is 0 Å². The van der Waals surface area contributed by atoms with E-state index in [0.29, 0.717) is 13.0 Å². The number of aryl methyl sites for hydroxylation is 1. The van der Waals surface area contributed by atoms with Crippen molar-refractivity contribution in [1.82, 2.24) is 0 Å². The number of halogens is 1. The predicted octanol–water partition coefficient (Wildman–Crippen LogP) is 1.93. The SMILES string of the molecule is Cc1cc(F)cc(NCCCO)c1. The van der Waals surface area contributed by atoms with Gasteiger partial charge in [0.25, 0.3) is 0 Å². The molecule has 3 heteroatoms. The van der Waals surface area contributed by atoms with Crippen LogP contribution in [0.15, 0.2) is 18.2 Å². The van der Waals surface area contributed by atoms with E-state index < -0.39 is 0 Å². The lowest BCUT2D eigenvalue weighted by molar-refractivity contribution is 0.292. The lowest BCUT2D eigenvalue weighted by Crippen LogP contribution is -2.03. The van der Waals surface area contributed by atoms with E-state index in [-0.39, 0.29) is 12.4 Å². The molecule has 1 rings (SSSR count). The third-order valence-electron chi connectivity index (χ3n) is 1.71. The predicted molar refractivity (Wildman–Crippen MR) is 51.3 cm³/mol. The molecule has 1 aromatic carbocycles. The van der Waals surface area contributed by atoms with Gasteiger partial charge in [-0.15, -0.1) is 0 Å². The van der Waals surface area contributed by atoms with Crippen LogP contribution in [0.2, 0.25) is 0 Å². The van der Waals surface area contributed by atoms with E-state index in [2.05, 4.69) is 5.32 Å². The highest BCUT2D eigenvalue weighted by atomic mass is 19.1. The summed E-state index contributed by atoms with van der Waals surface area (Å²) in [6.45, 7) is 2.67. The van der Waals surface area contributed by atoms with Crippen LogP contribution in [0.3, 0.4) is 0 Å². The highest BCUT2D eigenvalue weighted by molar-refractivity contribution is 5.45. The quantitative estimate of drug-likeness (QED) is 0.699. The minimum absolute atomic E-state index is 0.154. The van der Waals surface area contributed by atoms with Crippen LogP contribution >= 0.6 is 0 Å². The minimum Gasteiger partial charge on any atom is -0.396 e. The minimum atomic E-state index is -0.230. The number of anilines is 1. The second-order valence-electron chi connectivity index (χ2n) is 3.02. The molecule has 0 fully saturated rings. The zero-order valence-corrected chi connectivity index (χ0v) is 7.68. The van der Waals surface area contributed by atoms with Crippen molar-refractivity contribution in [3.05, 3.63) is 29.6 Å². The van der Waals surface area contributed by atoms with Crippen molar-refractivity contribution in [1.29, 1.82) is 0 Å². The van der Waals surface area contributed by atoms with Gasteiger partial charge in [-0.3, -0.25) is 0 Å². The normalized spacial score (nSPS) is 10.1. The first-order chi connectivity index (χ1) is 6.22. The molecule has 0 heterocycles. The zero-order chi connectivity index (χ0) is 9.68. The summed E-state index contributed by atoms with van der Waals surface area (Å²) in [7, 11) is 0. The maximum absolute atomic E-state index is 12.8. The third-order valence-corrected chi connectivity index (χ3v) is 1.71. The van der Waals surface area contributed by atoms with E-state index in [1.54, 1.807) is 0 Å². The fourth-order valence-electron chi connectivity index (χ4n) is 1.15. The van der Waals surface area contributed by atoms with Crippen LogP contribution in [0, 0.1) is 12.7 Å². The second-order valence-corrected chi connectivity index (χ2v) is 3.02. The Labute approximate surface area is 77.4 Å². The van der Waals surface area contributed by atoms with Crippen LogP contribution in [0.25, 0.3) is 0 Å². The molecule has 0 aliphatic rings. The highest BCUT2D eigenvalue weighted by Crippen LogP contribution is 2.12. The van der Waals surface area contributed by atoms with Gasteiger partial charge in [-0.05, 0) is 37.1 Å². The lowest BCUT2D eigenvalue weighted by atomic mass is 10.2. The van der Waals surface area contributed by atoms with Gasteiger partial charge in [-0.2, -0.15) is 0 Å². The molecule has 0 amide bonds. The molecular formula is C10H14FNO. The van der Waals surface area contributed by atoms with E-state index in [1.165, 1.54) is 12.1 Å². The molecule has 0 atom stereocenters. The molecule has 0 aromatic heterocycles. The first kappa shape index (κ1) is 9.99. The van der Waals surface area contributed by atoms with Crippen molar-refractivity contribution in [2.75, 3.05) is 18.5 Å². The molecule has 0 radical (unpaired) electrons. The molecular weight excluding hydrogens is 169 g/mol. The number of aliphatic hydroxyl groups excluding tert-OH is 1. The topological polar surface area (TPSA) is 32.3 Å². The van der Waals surface area contributed by atoms with Gasteiger partial charge in [0.05, 0.1) is 0 Å². The van der Waals surface area contributed by atoms with Gasteiger partial charge in [0.15, 0.2) is 0 Å². The Balaban J connectivity index is 2.56. The Morgan fingerprint density at radius 3 is 2.77 bits per heavy atom. The van der Waals surface area contributed by atoms with Crippen LogP contribution in [0.4, 0.5) is 10.1 Å². The van der Waals surface area contributed by atoms with E-state index in [1.807, 2.05) is 13.0 Å². The number of benzene rings is 1. The molecule has 0 spiro atoms. The molecule has 0 aliphatic heterocycles. The van der Waals surface area contributed by atoms with Gasteiger partial charge in [0.1, 0.15) is 5.82 Å². The molecule has 0 aliphatic carbocycles. The maximum atomic E-state index is 12.8. The van der Waals surface area contributed by atoms with Crippen molar-refractivity contribution in [2.24, 2.45) is 0 Å². The van der Waals surface area contributed by atoms with E-state index in [4.69, 9.17) is 5.11 Å². The summed E-state index contributed by atoms with van der Waals surface area (Å²) in [6, 6.07) is 4.81. The summed E-state index contributed by atoms with van der Waals surface area (Å²) in [6.07, 6.45) is 0.676. The summed E-state index contributed by atoms with van der Waals surface area (Å²) in [5.74, 6) is -0.230. The Kier molecular flexibility index (Phi) is 3.71. The fraction of sp³-hybridized carbons (Fsp3) is 0.400. The van der Waals surface area contributed by atoms with Gasteiger partial charge in [-0.1, -0.05) is 0 Å². The van der Waals surface area contributed by atoms with Crippen LogP contribution in [-0.2, 0) is 0 Å². The summed E-state index contributed by atoms with van der Waals surface area (Å²) < 4.78 is 12.8. The molecule has 13 heavy (non-hydrogen) atoms. The average molecular weight is 183 g/mol. The van der Waals surface area contributed by atoms with Gasteiger partial charge >= 0.3 is 0 Å². The van der Waals surface area contributed by atoms with E-state index in [0.717, 1.165) is 11.3 Å². The summed E-state index contributed by atoms with van der Waals surface area (Å²) in [5.41, 5.74) is 1.66. The zero-order valence-electron chi connectivity index (χ0n) is 7.68. The molecule has 2 nitrogen and oxygen atoms in total. The van der Waals surface area contributed by atoms with Crippen LogP contribution in [-0.4, -0.2) is 18.3 Å². The number of aliphatic hydroxyl groups is 1. The lowest BCUT2D eigenvalue weighted by Gasteiger charge is -2.06. The van der Waals surface area contributed by atoms with Crippen LogP contribution in [0.5, 0.6) is 0 Å². The number of hydrogen-bond donors (Lipinski definition) is 2. The standard InChI is InChI=1S/C10H14FNO/c1-8-5-9(11)7-10(6-8)12-3-2-4-13/h5-7,12-13H,2-4H2,1H3. The largest absolute Gasteiger partial charge is 0.396 e. The molecule has 0 saturated carbocycles. The molecule has 0 unspecified atom stereocenters. The number of hydrogen-bond acceptors (Lipinski definition) is 2. The molecule has 0 bridgehead atoms. The third kappa shape index (κ3) is 3.42. The molecule has 72 valence electrons. The Morgan fingerprint density at radius 1 is 1.38 bits per heavy atom. The maximum Gasteiger partial charge on any atom is 0.125 e. The van der Waals surface area contributed by atoms with Gasteiger partial charge < -0.3 is 10.4 Å². The van der Waals surface area contributed by atoms with Crippen molar-refractivity contribution in [3.8, 4) is 0 Å². The van der Waals surface area contributed by atoms with Crippen LogP contribution < -0.4 is 5.32 Å². The summed E-state index contributed by atoms with van der Waals surface area (Å²) in [5, 5.41) is 11.6. The summed E-state index contributed by atoms with van der Waals surface area (Å²) in [4.78, 5) is 0. The van der Waals surface area contributed by atoms with Crippen molar-refractivity contribution >= 4 is 5.69 Å². The number of rotatable bonds is 4. The summed E-state index contributed by atoms with van der Waals surface area (Å²) >= 11 is 0. The van der Waals surface area contributed by atoms with E-state index in [9.17, 15) is 4.39 Å². The Bertz CT molecular complexity index is 255. The first-order valence-corrected chi connectivity index (χ1v) is 4.34. The van der Waals surface area contributed by atoms with Crippen molar-refractivity contribution in [3.63, 3.8) is 0 Å². The Hall–Kier alpha value is -1.09. The van der Waals surface area contributed by atoms with Crippen molar-refractivity contribution < 1.29 is 9.50 Å². The van der Waals surface area contributed by atoms with Crippen LogP contribution in [0.1, 0.15) is 12.0 Å². The average Bonchev–Trinajstić information content (AvgIpc) is 2.03. The monoisotopic (exact) mass is 183 g/mol. The molecule has 0 saturated heterocycles. The highest BCUT2D eigenvalue weighted by Gasteiger charge is 1.96. The fourth-order valence-corrected chi connectivity index (χ4v) is 1.15. The smallest absolute Gasteiger partial charge is 0.125 e. The first-order valence-electron chi connectivity index (χ1n) is 4.34. The molecule has 1 aromatic rings. The second kappa shape index (κ2) is 4.82. The van der Waals surface area contributed by atoms with Crippen molar-refractivity contribution in [2.45, 2.75) is 13.3 Å². The van der Waals surface area contributed by atoms with E-state index >= 15 is 0 Å². The molecule has 2 N–H and O–H groups in total. The number of nitrogens with one attached hydrogen (secondary N) is 1. The Morgan fingerprint density at radius 2 is 2.15 bits per heavy atom.